The summed E-state index contributed by atoms with van der Waals surface area (Å²) in [5.41, 5.74) is -0.629. The largest absolute Gasteiger partial charge is 0.396 e. The molecule has 2 aliphatic rings. The molecule has 0 bridgehead atoms. The number of carbonyl (C=O) groups is 1. The highest BCUT2D eigenvalue weighted by atomic mass is 16.3. The van der Waals surface area contributed by atoms with Crippen molar-refractivity contribution in [1.29, 1.82) is 5.26 Å². The van der Waals surface area contributed by atoms with Crippen LogP contribution in [0.5, 0.6) is 0 Å². The summed E-state index contributed by atoms with van der Waals surface area (Å²) in [6, 6.07) is 2.33. The summed E-state index contributed by atoms with van der Waals surface area (Å²) < 4.78 is 0. The normalized spacial score (nSPS) is 26.0. The zero-order chi connectivity index (χ0) is 15.1. The van der Waals surface area contributed by atoms with Gasteiger partial charge in [-0.3, -0.25) is 9.69 Å². The first-order chi connectivity index (χ1) is 10.2. The number of carbonyl (C=O) groups excluding carboxylic acids is 1. The number of piperidine rings is 1. The fraction of sp³-hybridized carbons (Fsp3) is 0.875. The first kappa shape index (κ1) is 16.3. The molecule has 1 aliphatic heterocycles. The Hall–Kier alpha value is -1.12. The minimum absolute atomic E-state index is 0.0249. The summed E-state index contributed by atoms with van der Waals surface area (Å²) in [6.45, 7) is 2.43. The molecule has 5 nitrogen and oxygen atoms in total. The molecule has 1 saturated heterocycles. The molecule has 2 fully saturated rings. The second-order valence-corrected chi connectivity index (χ2v) is 6.56. The standard InChI is InChI=1S/C16H27N3O2/c17-13-16(7-2-1-3-8-16)18-15(21)12-19-9-4-5-14(11-19)6-10-20/h14,20H,1-12H2,(H,18,21). The molecule has 2 N–H and O–H groups in total. The topological polar surface area (TPSA) is 76.4 Å². The maximum absolute atomic E-state index is 12.3. The van der Waals surface area contributed by atoms with Crippen molar-refractivity contribution < 1.29 is 9.90 Å². The van der Waals surface area contributed by atoms with E-state index in [1.54, 1.807) is 0 Å². The molecule has 1 saturated carbocycles. The van der Waals surface area contributed by atoms with Gasteiger partial charge in [0.15, 0.2) is 0 Å². The quantitative estimate of drug-likeness (QED) is 0.804. The van der Waals surface area contributed by atoms with Crippen LogP contribution in [0.25, 0.3) is 0 Å². The van der Waals surface area contributed by atoms with Gasteiger partial charge in [-0.25, -0.2) is 0 Å². The average Bonchev–Trinajstić information content (AvgIpc) is 2.49. The van der Waals surface area contributed by atoms with E-state index >= 15 is 0 Å². The highest BCUT2D eigenvalue weighted by molar-refractivity contribution is 5.79. The molecule has 0 aromatic rings. The van der Waals surface area contributed by atoms with Crippen LogP contribution < -0.4 is 5.32 Å². The van der Waals surface area contributed by atoms with Gasteiger partial charge < -0.3 is 10.4 Å². The third-order valence-electron chi connectivity index (χ3n) is 4.81. The van der Waals surface area contributed by atoms with Gasteiger partial charge in [0.1, 0.15) is 5.54 Å². The van der Waals surface area contributed by atoms with E-state index in [1.807, 2.05) is 0 Å². The molecule has 0 aromatic heterocycles. The predicted molar refractivity (Wildman–Crippen MR) is 80.4 cm³/mol. The highest BCUT2D eigenvalue weighted by Gasteiger charge is 2.34. The number of nitriles is 1. The van der Waals surface area contributed by atoms with Crippen LogP contribution >= 0.6 is 0 Å². The van der Waals surface area contributed by atoms with E-state index in [9.17, 15) is 10.1 Å². The Morgan fingerprint density at radius 3 is 2.76 bits per heavy atom. The van der Waals surface area contributed by atoms with Crippen LogP contribution in [0.4, 0.5) is 0 Å². The lowest BCUT2D eigenvalue weighted by Gasteiger charge is -2.35. The molecular formula is C16H27N3O2. The van der Waals surface area contributed by atoms with Gasteiger partial charge in [0.05, 0.1) is 12.6 Å². The number of hydrogen-bond acceptors (Lipinski definition) is 4. The van der Waals surface area contributed by atoms with Crippen molar-refractivity contribution in [2.24, 2.45) is 5.92 Å². The predicted octanol–water partition coefficient (Wildman–Crippen LogP) is 1.42. The fourth-order valence-corrected chi connectivity index (χ4v) is 3.64. The highest BCUT2D eigenvalue weighted by Crippen LogP contribution is 2.27. The van der Waals surface area contributed by atoms with E-state index in [2.05, 4.69) is 16.3 Å². The Morgan fingerprint density at radius 2 is 2.10 bits per heavy atom. The summed E-state index contributed by atoms with van der Waals surface area (Å²) in [4.78, 5) is 14.4. The van der Waals surface area contributed by atoms with Crippen LogP contribution in [0.15, 0.2) is 0 Å². The van der Waals surface area contributed by atoms with E-state index in [4.69, 9.17) is 5.11 Å². The van der Waals surface area contributed by atoms with Gasteiger partial charge in [0, 0.05) is 13.2 Å². The third kappa shape index (κ3) is 4.69. The molecule has 0 aromatic carbocycles. The van der Waals surface area contributed by atoms with E-state index in [0.29, 0.717) is 12.5 Å². The van der Waals surface area contributed by atoms with Crippen molar-refractivity contribution in [2.45, 2.75) is 56.9 Å². The number of aliphatic hydroxyl groups excluding tert-OH is 1. The lowest BCUT2D eigenvalue weighted by atomic mass is 9.83. The van der Waals surface area contributed by atoms with Gasteiger partial charge in [-0.2, -0.15) is 5.26 Å². The van der Waals surface area contributed by atoms with Gasteiger partial charge in [-0.05, 0) is 44.6 Å². The van der Waals surface area contributed by atoms with Crippen LogP contribution in [-0.4, -0.2) is 47.7 Å². The Morgan fingerprint density at radius 1 is 1.33 bits per heavy atom. The van der Waals surface area contributed by atoms with E-state index in [-0.39, 0.29) is 12.5 Å². The zero-order valence-electron chi connectivity index (χ0n) is 12.8. The van der Waals surface area contributed by atoms with Gasteiger partial charge in [-0.15, -0.1) is 0 Å². The maximum Gasteiger partial charge on any atom is 0.235 e. The molecule has 1 aliphatic carbocycles. The van der Waals surface area contributed by atoms with Crippen molar-refractivity contribution in [3.63, 3.8) is 0 Å². The Kier molecular flexibility index (Phi) is 6.01. The number of likely N-dealkylation sites (tertiary alicyclic amines) is 1. The summed E-state index contributed by atoms with van der Waals surface area (Å²) in [7, 11) is 0. The first-order valence-electron chi connectivity index (χ1n) is 8.23. The molecule has 0 spiro atoms. The number of nitrogens with one attached hydrogen (secondary N) is 1. The minimum Gasteiger partial charge on any atom is -0.396 e. The van der Waals surface area contributed by atoms with Crippen LogP contribution in [0.1, 0.15) is 51.4 Å². The second kappa shape index (κ2) is 7.77. The van der Waals surface area contributed by atoms with Gasteiger partial charge in [-0.1, -0.05) is 19.3 Å². The molecule has 1 amide bonds. The van der Waals surface area contributed by atoms with Crippen molar-refractivity contribution in [3.05, 3.63) is 0 Å². The molecule has 1 atom stereocenters. The zero-order valence-corrected chi connectivity index (χ0v) is 12.8. The Labute approximate surface area is 127 Å². The maximum atomic E-state index is 12.3. The van der Waals surface area contributed by atoms with Gasteiger partial charge in [0.2, 0.25) is 5.91 Å². The van der Waals surface area contributed by atoms with E-state index < -0.39 is 5.54 Å². The number of rotatable bonds is 5. The van der Waals surface area contributed by atoms with Gasteiger partial charge in [0.25, 0.3) is 0 Å². The SMILES string of the molecule is N#CC1(NC(=O)CN2CCCC(CCO)C2)CCCCC1. The van der Waals surface area contributed by atoms with Crippen LogP contribution in [-0.2, 0) is 4.79 Å². The van der Waals surface area contributed by atoms with Crippen LogP contribution in [0.2, 0.25) is 0 Å². The molecule has 118 valence electrons. The second-order valence-electron chi connectivity index (χ2n) is 6.56. The Bertz CT molecular complexity index is 383. The molecule has 1 unspecified atom stereocenters. The van der Waals surface area contributed by atoms with Crippen LogP contribution in [0.3, 0.4) is 0 Å². The summed E-state index contributed by atoms with van der Waals surface area (Å²) in [5.74, 6) is 0.472. The van der Waals surface area contributed by atoms with Crippen molar-refractivity contribution in [1.82, 2.24) is 10.2 Å². The minimum atomic E-state index is -0.629. The van der Waals surface area contributed by atoms with Crippen molar-refractivity contribution in [2.75, 3.05) is 26.2 Å². The summed E-state index contributed by atoms with van der Waals surface area (Å²) >= 11 is 0. The Balaban J connectivity index is 1.82. The lowest BCUT2D eigenvalue weighted by molar-refractivity contribution is -0.124. The average molecular weight is 293 g/mol. The summed E-state index contributed by atoms with van der Waals surface area (Å²) in [5, 5.41) is 21.4. The first-order valence-corrected chi connectivity index (χ1v) is 8.23. The fourth-order valence-electron chi connectivity index (χ4n) is 3.64. The lowest BCUT2D eigenvalue weighted by Crippen LogP contribution is -2.52. The molecule has 0 radical (unpaired) electrons. The number of nitrogens with zero attached hydrogens (tertiary/aromatic N) is 2. The monoisotopic (exact) mass is 293 g/mol. The van der Waals surface area contributed by atoms with E-state index in [1.165, 1.54) is 0 Å². The molecule has 1 heterocycles. The third-order valence-corrected chi connectivity index (χ3v) is 4.81. The van der Waals surface area contributed by atoms with Crippen LogP contribution in [0, 0.1) is 17.2 Å². The summed E-state index contributed by atoms with van der Waals surface area (Å²) in [6.07, 6.45) is 7.81. The molecular weight excluding hydrogens is 266 g/mol. The van der Waals surface area contributed by atoms with Crippen molar-refractivity contribution >= 4 is 5.91 Å². The number of amides is 1. The molecule has 5 heteroatoms. The van der Waals surface area contributed by atoms with Gasteiger partial charge >= 0.3 is 0 Å². The van der Waals surface area contributed by atoms with Crippen molar-refractivity contribution in [3.8, 4) is 6.07 Å². The van der Waals surface area contributed by atoms with E-state index in [0.717, 1.165) is 64.5 Å². The number of hydrogen-bond donors (Lipinski definition) is 2. The smallest absolute Gasteiger partial charge is 0.235 e. The molecule has 21 heavy (non-hydrogen) atoms. The number of aliphatic hydroxyl groups is 1. The molecule has 2 rings (SSSR count).